The molecule has 3 rings (SSSR count). The third-order valence-corrected chi connectivity index (χ3v) is 6.16. The van der Waals surface area contributed by atoms with E-state index in [1.54, 1.807) is 7.05 Å². The number of likely N-dealkylation sites (N-methyl/N-ethyl adjacent to an activating group) is 1. The van der Waals surface area contributed by atoms with Crippen LogP contribution < -0.4 is 10.2 Å². The molecule has 2 amide bonds. The molecule has 2 aromatic rings. The number of amides is 2. The van der Waals surface area contributed by atoms with E-state index in [0.29, 0.717) is 0 Å². The average molecular weight is 443 g/mol. The maximum absolute atomic E-state index is 12.9. The lowest BCUT2D eigenvalue weighted by Crippen LogP contribution is -2.54. The molecule has 1 unspecified atom stereocenters. The van der Waals surface area contributed by atoms with Gasteiger partial charge in [-0.3, -0.25) is 14.5 Å². The number of hydrogen-bond acceptors (Lipinski definition) is 4. The second kappa shape index (κ2) is 10.6. The van der Waals surface area contributed by atoms with E-state index in [-0.39, 0.29) is 24.4 Å². The Balaban J connectivity index is 1.51. The van der Waals surface area contributed by atoms with Crippen LogP contribution in [0.1, 0.15) is 19.4 Å². The Bertz CT molecular complexity index is 912. The third-order valence-electron chi connectivity index (χ3n) is 5.84. The molecule has 0 spiro atoms. The van der Waals surface area contributed by atoms with Crippen molar-refractivity contribution < 1.29 is 9.59 Å². The van der Waals surface area contributed by atoms with Crippen LogP contribution in [0, 0.1) is 0 Å². The van der Waals surface area contributed by atoms with Crippen molar-refractivity contribution in [2.24, 2.45) is 0 Å². The van der Waals surface area contributed by atoms with E-state index >= 15 is 0 Å². The number of hydrogen-bond donors (Lipinski definition) is 1. The van der Waals surface area contributed by atoms with E-state index in [9.17, 15) is 9.59 Å². The Morgan fingerprint density at radius 2 is 1.71 bits per heavy atom. The predicted molar refractivity (Wildman–Crippen MR) is 127 cm³/mol. The molecule has 1 saturated heterocycles. The SMILES string of the molecule is CCc1ccccc1NC(=O)CN(C)C(=O)C(C)N1CCN(c2ccccc2Cl)CC1. The van der Waals surface area contributed by atoms with Gasteiger partial charge in [0.05, 0.1) is 23.3 Å². The monoisotopic (exact) mass is 442 g/mol. The first kappa shape index (κ1) is 23.1. The quantitative estimate of drug-likeness (QED) is 0.712. The van der Waals surface area contributed by atoms with Crippen LogP contribution in [0.3, 0.4) is 0 Å². The molecule has 1 aliphatic heterocycles. The first-order valence-corrected chi connectivity index (χ1v) is 11.1. The molecule has 1 fully saturated rings. The van der Waals surface area contributed by atoms with Crippen molar-refractivity contribution in [3.8, 4) is 0 Å². The number of carbonyl (C=O) groups is 2. The van der Waals surface area contributed by atoms with Crippen LogP contribution >= 0.6 is 11.6 Å². The van der Waals surface area contributed by atoms with Crippen molar-refractivity contribution in [3.05, 3.63) is 59.1 Å². The minimum absolute atomic E-state index is 0.0286. The zero-order valence-electron chi connectivity index (χ0n) is 18.5. The molecule has 31 heavy (non-hydrogen) atoms. The van der Waals surface area contributed by atoms with E-state index in [1.165, 1.54) is 4.90 Å². The van der Waals surface area contributed by atoms with Crippen molar-refractivity contribution in [2.45, 2.75) is 26.3 Å². The van der Waals surface area contributed by atoms with Crippen molar-refractivity contribution in [2.75, 3.05) is 50.0 Å². The molecular formula is C24H31ClN4O2. The smallest absolute Gasteiger partial charge is 0.243 e. The number of benzene rings is 2. The zero-order valence-corrected chi connectivity index (χ0v) is 19.2. The lowest BCUT2D eigenvalue weighted by molar-refractivity contribution is -0.137. The zero-order chi connectivity index (χ0) is 22.4. The fraction of sp³-hybridized carbons (Fsp3) is 0.417. The molecule has 0 aliphatic carbocycles. The Hall–Kier alpha value is -2.57. The normalized spacial score (nSPS) is 15.4. The van der Waals surface area contributed by atoms with Gasteiger partial charge in [0.25, 0.3) is 0 Å². The number of nitrogens with one attached hydrogen (secondary N) is 1. The summed E-state index contributed by atoms with van der Waals surface area (Å²) in [6.07, 6.45) is 0.836. The summed E-state index contributed by atoms with van der Waals surface area (Å²) < 4.78 is 0. The number of carbonyl (C=O) groups excluding carboxylic acids is 2. The van der Waals surface area contributed by atoms with Gasteiger partial charge in [-0.2, -0.15) is 0 Å². The highest BCUT2D eigenvalue weighted by Gasteiger charge is 2.28. The number of para-hydroxylation sites is 2. The highest BCUT2D eigenvalue weighted by atomic mass is 35.5. The molecule has 0 bridgehead atoms. The summed E-state index contributed by atoms with van der Waals surface area (Å²) in [6.45, 7) is 7.13. The minimum atomic E-state index is -0.283. The summed E-state index contributed by atoms with van der Waals surface area (Å²) in [4.78, 5) is 31.3. The van der Waals surface area contributed by atoms with Gasteiger partial charge in [0.2, 0.25) is 11.8 Å². The summed E-state index contributed by atoms with van der Waals surface area (Å²) in [5.74, 6) is -0.238. The molecule has 0 aromatic heterocycles. The maximum atomic E-state index is 12.9. The highest BCUT2D eigenvalue weighted by molar-refractivity contribution is 6.33. The van der Waals surface area contributed by atoms with Gasteiger partial charge < -0.3 is 15.1 Å². The number of anilines is 2. The van der Waals surface area contributed by atoms with Gasteiger partial charge >= 0.3 is 0 Å². The molecule has 1 heterocycles. The summed E-state index contributed by atoms with van der Waals surface area (Å²) in [5, 5.41) is 3.68. The fourth-order valence-electron chi connectivity index (χ4n) is 3.97. The van der Waals surface area contributed by atoms with Crippen molar-refractivity contribution in [1.29, 1.82) is 0 Å². The molecule has 7 heteroatoms. The van der Waals surface area contributed by atoms with Crippen LogP contribution in [0.15, 0.2) is 48.5 Å². The number of piperazine rings is 1. The van der Waals surface area contributed by atoms with Crippen LogP contribution in [-0.4, -0.2) is 67.4 Å². The molecule has 166 valence electrons. The van der Waals surface area contributed by atoms with Gasteiger partial charge in [0.15, 0.2) is 0 Å². The van der Waals surface area contributed by atoms with Gasteiger partial charge in [-0.15, -0.1) is 0 Å². The lowest BCUT2D eigenvalue weighted by Gasteiger charge is -2.39. The van der Waals surface area contributed by atoms with E-state index in [4.69, 9.17) is 11.6 Å². The van der Waals surface area contributed by atoms with E-state index < -0.39 is 0 Å². The highest BCUT2D eigenvalue weighted by Crippen LogP contribution is 2.26. The molecule has 1 N–H and O–H groups in total. The minimum Gasteiger partial charge on any atom is -0.368 e. The Kier molecular flexibility index (Phi) is 7.93. The second-order valence-corrected chi connectivity index (χ2v) is 8.31. The van der Waals surface area contributed by atoms with Gasteiger partial charge in [-0.1, -0.05) is 48.9 Å². The molecule has 1 aliphatic rings. The summed E-state index contributed by atoms with van der Waals surface area (Å²) in [7, 11) is 1.68. The van der Waals surface area contributed by atoms with Crippen LogP contribution in [0.5, 0.6) is 0 Å². The Labute approximate surface area is 189 Å². The average Bonchev–Trinajstić information content (AvgIpc) is 2.78. The first-order chi connectivity index (χ1) is 14.9. The van der Waals surface area contributed by atoms with Gasteiger partial charge in [0, 0.05) is 38.9 Å². The van der Waals surface area contributed by atoms with Gasteiger partial charge in [0.1, 0.15) is 0 Å². The summed E-state index contributed by atoms with van der Waals surface area (Å²) in [6, 6.07) is 15.3. The molecule has 6 nitrogen and oxygen atoms in total. The number of rotatable bonds is 7. The van der Waals surface area contributed by atoms with Gasteiger partial charge in [-0.05, 0) is 37.1 Å². The van der Waals surface area contributed by atoms with E-state index in [0.717, 1.165) is 54.6 Å². The van der Waals surface area contributed by atoms with Crippen LogP contribution in [0.25, 0.3) is 0 Å². The third kappa shape index (κ3) is 5.77. The number of aryl methyl sites for hydroxylation is 1. The van der Waals surface area contributed by atoms with Crippen LogP contribution in [0.4, 0.5) is 11.4 Å². The Morgan fingerprint density at radius 1 is 1.06 bits per heavy atom. The number of nitrogens with zero attached hydrogens (tertiary/aromatic N) is 3. The lowest BCUT2D eigenvalue weighted by atomic mass is 10.1. The maximum Gasteiger partial charge on any atom is 0.243 e. The van der Waals surface area contributed by atoms with Crippen molar-refractivity contribution in [1.82, 2.24) is 9.80 Å². The summed E-state index contributed by atoms with van der Waals surface area (Å²) in [5.41, 5.74) is 2.91. The predicted octanol–water partition coefficient (Wildman–Crippen LogP) is 3.51. The van der Waals surface area contributed by atoms with Crippen LogP contribution in [0.2, 0.25) is 5.02 Å². The molecular weight excluding hydrogens is 412 g/mol. The van der Waals surface area contributed by atoms with Crippen molar-refractivity contribution in [3.63, 3.8) is 0 Å². The van der Waals surface area contributed by atoms with Crippen molar-refractivity contribution >= 4 is 34.8 Å². The largest absolute Gasteiger partial charge is 0.368 e. The van der Waals surface area contributed by atoms with Gasteiger partial charge in [-0.25, -0.2) is 0 Å². The van der Waals surface area contributed by atoms with E-state index in [1.807, 2.05) is 62.4 Å². The first-order valence-electron chi connectivity index (χ1n) is 10.8. The second-order valence-electron chi connectivity index (χ2n) is 7.90. The number of halogens is 1. The fourth-order valence-corrected chi connectivity index (χ4v) is 4.22. The standard InChI is InChI=1S/C24H31ClN4O2/c1-4-19-9-5-7-11-21(19)26-23(30)17-27(3)24(31)18(2)28-13-15-29(16-14-28)22-12-8-6-10-20(22)25/h5-12,18H,4,13-17H2,1-3H3,(H,26,30). The summed E-state index contributed by atoms with van der Waals surface area (Å²) >= 11 is 6.32. The molecule has 1 atom stereocenters. The molecule has 0 radical (unpaired) electrons. The molecule has 0 saturated carbocycles. The Morgan fingerprint density at radius 3 is 2.39 bits per heavy atom. The van der Waals surface area contributed by atoms with Crippen LogP contribution in [-0.2, 0) is 16.0 Å². The topological polar surface area (TPSA) is 55.9 Å². The molecule has 2 aromatic carbocycles. The van der Waals surface area contributed by atoms with E-state index in [2.05, 4.69) is 15.1 Å².